The van der Waals surface area contributed by atoms with Crippen molar-refractivity contribution in [1.82, 2.24) is 0 Å². The van der Waals surface area contributed by atoms with Crippen molar-refractivity contribution in [2.24, 2.45) is 0 Å². The molecule has 0 aromatic rings. The van der Waals surface area contributed by atoms with Gasteiger partial charge in [-0.3, -0.25) is 13.8 Å². The number of aliphatic hydroxyl groups is 2. The van der Waals surface area contributed by atoms with Gasteiger partial charge >= 0.3 is 13.8 Å². The molecule has 0 bridgehead atoms. The third-order valence-electron chi connectivity index (χ3n) is 10.4. The Bertz CT molecular complexity index is 1190. The second kappa shape index (κ2) is 48.4. The molecule has 0 aromatic heterocycles. The molecule has 0 aromatic carbocycles. The van der Waals surface area contributed by atoms with Gasteiger partial charge in [-0.2, -0.15) is 0 Å². The quantitative estimate of drug-likeness (QED) is 0.0236. The van der Waals surface area contributed by atoms with Crippen molar-refractivity contribution >= 4 is 13.8 Å². The molecule has 3 N–H and O–H groups in total. The molecule has 9 nitrogen and oxygen atoms in total. The average molecular weight is 893 g/mol. The van der Waals surface area contributed by atoms with Gasteiger partial charge in [0.25, 0.3) is 0 Å². The second-order valence-corrected chi connectivity index (χ2v) is 17.9. The summed E-state index contributed by atoms with van der Waals surface area (Å²) in [4.78, 5) is 22.6. The number of ether oxygens (including phenoxy) is 2. The van der Waals surface area contributed by atoms with Crippen LogP contribution in [0.5, 0.6) is 0 Å². The molecule has 0 aliphatic heterocycles. The van der Waals surface area contributed by atoms with Crippen LogP contribution in [-0.2, 0) is 27.9 Å². The Hall–Kier alpha value is -2.10. The van der Waals surface area contributed by atoms with Crippen LogP contribution in [0.15, 0.2) is 72.9 Å². The standard InChI is InChI=1S/C52H93O9P/c1-3-5-7-9-11-13-15-17-19-21-23-24-25-27-29-31-33-35-37-39-41-43-45-58-48-51(49-60-62(56,57)59-47-50(54)46-53)61-52(55)44-42-40-38-36-34-32-30-28-26-22-20-18-16-14-12-10-8-6-4-2/h6,8,12,14,18,20,26,28,32,34,38,40,50-51,53-54H,3-5,7,9-11,13,15-17,19,21-25,27,29-31,33,35-37,39,41-49H2,1-2H3,(H,56,57)/b8-6-,14-12-,20-18-,28-26-,34-32-,40-38-. The summed E-state index contributed by atoms with van der Waals surface area (Å²) in [6.07, 6.45) is 58.9. The summed E-state index contributed by atoms with van der Waals surface area (Å²) in [6, 6.07) is 0. The van der Waals surface area contributed by atoms with Crippen LogP contribution in [0.25, 0.3) is 0 Å². The first-order valence-electron chi connectivity index (χ1n) is 24.9. The van der Waals surface area contributed by atoms with E-state index < -0.39 is 45.8 Å². The van der Waals surface area contributed by atoms with E-state index in [0.29, 0.717) is 13.0 Å². The van der Waals surface area contributed by atoms with Crippen LogP contribution in [-0.4, -0.2) is 66.3 Å². The van der Waals surface area contributed by atoms with Crippen LogP contribution in [0.4, 0.5) is 0 Å². The Kier molecular flexibility index (Phi) is 46.7. The highest BCUT2D eigenvalue weighted by Crippen LogP contribution is 2.43. The van der Waals surface area contributed by atoms with Gasteiger partial charge in [0, 0.05) is 13.0 Å². The van der Waals surface area contributed by atoms with E-state index >= 15 is 0 Å². The number of rotatable bonds is 47. The van der Waals surface area contributed by atoms with Crippen molar-refractivity contribution in [2.75, 3.05) is 33.0 Å². The molecule has 0 aliphatic carbocycles. The third-order valence-corrected chi connectivity index (χ3v) is 11.4. The largest absolute Gasteiger partial charge is 0.472 e. The number of phosphoric ester groups is 1. The van der Waals surface area contributed by atoms with Crippen LogP contribution in [0.2, 0.25) is 0 Å². The molecule has 3 unspecified atom stereocenters. The summed E-state index contributed by atoms with van der Waals surface area (Å²) >= 11 is 0. The third kappa shape index (κ3) is 47.4. The first-order valence-corrected chi connectivity index (χ1v) is 26.4. The number of carbonyl (C=O) groups excluding carboxylic acids is 1. The molecule has 10 heteroatoms. The van der Waals surface area contributed by atoms with E-state index in [2.05, 4.69) is 74.6 Å². The summed E-state index contributed by atoms with van der Waals surface area (Å²) in [7, 11) is -4.54. The van der Waals surface area contributed by atoms with Gasteiger partial charge in [-0.25, -0.2) is 4.57 Å². The maximum absolute atomic E-state index is 12.6. The molecule has 62 heavy (non-hydrogen) atoms. The number of phosphoric acid groups is 1. The fraction of sp³-hybridized carbons (Fsp3) is 0.750. The Balaban J connectivity index is 4.18. The van der Waals surface area contributed by atoms with Crippen LogP contribution in [0, 0.1) is 0 Å². The van der Waals surface area contributed by atoms with E-state index in [4.69, 9.17) is 23.6 Å². The predicted octanol–water partition coefficient (Wildman–Crippen LogP) is 14.5. The van der Waals surface area contributed by atoms with Gasteiger partial charge in [-0.1, -0.05) is 222 Å². The van der Waals surface area contributed by atoms with Crippen LogP contribution in [0.1, 0.15) is 206 Å². The highest BCUT2D eigenvalue weighted by atomic mass is 31.2. The first kappa shape index (κ1) is 59.9. The minimum atomic E-state index is -4.54. The van der Waals surface area contributed by atoms with E-state index in [1.807, 2.05) is 12.2 Å². The SMILES string of the molecule is CC/C=C\C/C=C\C/C=C\C/C=C\C/C=C\C/C=C\CCC(=O)OC(COCCCCCCCCCCCCCCCCCCCCCCCC)COP(=O)(O)OCC(O)CO. The van der Waals surface area contributed by atoms with E-state index in [0.717, 1.165) is 57.8 Å². The molecule has 0 saturated carbocycles. The van der Waals surface area contributed by atoms with Crippen molar-refractivity contribution in [3.05, 3.63) is 72.9 Å². The van der Waals surface area contributed by atoms with E-state index in [9.17, 15) is 19.4 Å². The van der Waals surface area contributed by atoms with Crippen molar-refractivity contribution in [3.63, 3.8) is 0 Å². The highest BCUT2D eigenvalue weighted by molar-refractivity contribution is 7.47. The first-order chi connectivity index (χ1) is 30.3. The lowest BCUT2D eigenvalue weighted by atomic mass is 10.0. The van der Waals surface area contributed by atoms with Gasteiger partial charge in [-0.05, 0) is 51.4 Å². The zero-order valence-corrected chi connectivity index (χ0v) is 40.5. The minimum Gasteiger partial charge on any atom is -0.457 e. The molecule has 0 amide bonds. The maximum Gasteiger partial charge on any atom is 0.472 e. The number of aliphatic hydroxyl groups excluding tert-OH is 2. The molecule has 0 heterocycles. The second-order valence-electron chi connectivity index (χ2n) is 16.5. The molecule has 3 atom stereocenters. The molecule has 0 spiro atoms. The summed E-state index contributed by atoms with van der Waals surface area (Å²) in [5, 5.41) is 18.4. The van der Waals surface area contributed by atoms with Gasteiger partial charge < -0.3 is 24.6 Å². The monoisotopic (exact) mass is 893 g/mol. The van der Waals surface area contributed by atoms with E-state index in [1.54, 1.807) is 0 Å². The van der Waals surface area contributed by atoms with Gasteiger partial charge in [-0.15, -0.1) is 0 Å². The number of carbonyl (C=O) groups is 1. The number of hydrogen-bond acceptors (Lipinski definition) is 8. The summed E-state index contributed by atoms with van der Waals surface area (Å²) < 4.78 is 33.4. The summed E-state index contributed by atoms with van der Waals surface area (Å²) in [6.45, 7) is 3.33. The molecule has 0 fully saturated rings. The van der Waals surface area contributed by atoms with Gasteiger partial charge in [0.15, 0.2) is 0 Å². The van der Waals surface area contributed by atoms with E-state index in [1.165, 1.54) is 122 Å². The lowest BCUT2D eigenvalue weighted by Crippen LogP contribution is -2.29. The number of unbranched alkanes of at least 4 members (excludes halogenated alkanes) is 21. The zero-order chi connectivity index (χ0) is 45.3. The average Bonchev–Trinajstić information content (AvgIpc) is 3.26. The zero-order valence-electron chi connectivity index (χ0n) is 39.6. The van der Waals surface area contributed by atoms with Crippen molar-refractivity contribution in [2.45, 2.75) is 219 Å². The number of hydrogen-bond donors (Lipinski definition) is 3. The van der Waals surface area contributed by atoms with E-state index in [-0.39, 0.29) is 13.0 Å². The smallest absolute Gasteiger partial charge is 0.457 e. The Labute approximate surface area is 380 Å². The molecular formula is C52H93O9P. The Morgan fingerprint density at radius 3 is 1.29 bits per heavy atom. The van der Waals surface area contributed by atoms with Crippen LogP contribution in [0.3, 0.4) is 0 Å². The predicted molar refractivity (Wildman–Crippen MR) is 260 cm³/mol. The van der Waals surface area contributed by atoms with Crippen LogP contribution < -0.4 is 0 Å². The van der Waals surface area contributed by atoms with Gasteiger partial charge in [0.05, 0.1) is 26.4 Å². The fourth-order valence-electron chi connectivity index (χ4n) is 6.68. The minimum absolute atomic E-state index is 0.0180. The molecule has 0 saturated heterocycles. The molecular weight excluding hydrogens is 800 g/mol. The maximum atomic E-state index is 12.6. The summed E-state index contributed by atoms with van der Waals surface area (Å²) in [5.74, 6) is -0.463. The van der Waals surface area contributed by atoms with Crippen LogP contribution >= 0.6 is 7.82 Å². The normalized spacial score (nSPS) is 14.5. The molecule has 0 radical (unpaired) electrons. The highest BCUT2D eigenvalue weighted by Gasteiger charge is 2.26. The molecule has 0 rings (SSSR count). The molecule has 0 aliphatic rings. The van der Waals surface area contributed by atoms with Gasteiger partial charge in [0.1, 0.15) is 12.2 Å². The Morgan fingerprint density at radius 2 is 0.887 bits per heavy atom. The van der Waals surface area contributed by atoms with Crippen molar-refractivity contribution < 1.29 is 43.0 Å². The fourth-order valence-corrected chi connectivity index (χ4v) is 7.47. The lowest BCUT2D eigenvalue weighted by Gasteiger charge is -2.20. The van der Waals surface area contributed by atoms with Crippen molar-refractivity contribution in [1.29, 1.82) is 0 Å². The Morgan fingerprint density at radius 1 is 0.516 bits per heavy atom. The van der Waals surface area contributed by atoms with Crippen molar-refractivity contribution in [3.8, 4) is 0 Å². The summed E-state index contributed by atoms with van der Waals surface area (Å²) in [5.41, 5.74) is 0. The topological polar surface area (TPSA) is 132 Å². The van der Waals surface area contributed by atoms with Gasteiger partial charge in [0.2, 0.25) is 0 Å². The number of allylic oxidation sites excluding steroid dienone is 12. The number of esters is 1. The lowest BCUT2D eigenvalue weighted by molar-refractivity contribution is -0.154. The molecule has 360 valence electrons.